The Bertz CT molecular complexity index is 1820. The molecule has 2 N–H and O–H groups in total. The van der Waals surface area contributed by atoms with Gasteiger partial charge in [-0.2, -0.15) is 0 Å². The highest BCUT2D eigenvalue weighted by Gasteiger charge is 2.56. The maximum Gasteiger partial charge on any atom is 0.233 e. The van der Waals surface area contributed by atoms with Crippen LogP contribution in [0, 0.1) is 17.8 Å². The molecule has 3 aromatic carbocycles. The molecule has 0 aromatic heterocycles. The van der Waals surface area contributed by atoms with Crippen molar-refractivity contribution in [2.24, 2.45) is 17.8 Å². The van der Waals surface area contributed by atoms with Gasteiger partial charge in [-0.25, -0.2) is 0 Å². The van der Waals surface area contributed by atoms with Crippen molar-refractivity contribution in [3.05, 3.63) is 105 Å². The SMILES string of the molecule is O=C1C=C(Br)C(=O)C2=C1[C@@H](c1ccc(O)c3ccccc13)C1=CC[C@@H]3C(=O)N(CCc4ccc(O)cc4)C(=O)[C@@H]3[C@@H]1C2. The second-order valence-corrected chi connectivity index (χ2v) is 12.2. The molecule has 0 spiro atoms. The van der Waals surface area contributed by atoms with Crippen LogP contribution in [-0.2, 0) is 25.6 Å². The Balaban J connectivity index is 1.31. The smallest absolute Gasteiger partial charge is 0.233 e. The quantitative estimate of drug-likeness (QED) is 0.233. The Morgan fingerprint density at radius 2 is 1.60 bits per heavy atom. The van der Waals surface area contributed by atoms with Crippen molar-refractivity contribution in [2.75, 3.05) is 6.54 Å². The second kappa shape index (κ2) is 9.91. The molecule has 2 amide bonds. The van der Waals surface area contributed by atoms with Crippen LogP contribution >= 0.6 is 15.9 Å². The van der Waals surface area contributed by atoms with Crippen LogP contribution in [0.5, 0.6) is 11.5 Å². The highest BCUT2D eigenvalue weighted by Crippen LogP contribution is 2.56. The number of carbonyl (C=O) groups excluding carboxylic acids is 4. The minimum Gasteiger partial charge on any atom is -0.508 e. The minimum atomic E-state index is -0.634. The molecule has 0 radical (unpaired) electrons. The van der Waals surface area contributed by atoms with Gasteiger partial charge in [-0.15, -0.1) is 0 Å². The lowest BCUT2D eigenvalue weighted by Crippen LogP contribution is -2.39. The van der Waals surface area contributed by atoms with Gasteiger partial charge < -0.3 is 10.2 Å². The zero-order valence-corrected chi connectivity index (χ0v) is 24.0. The van der Waals surface area contributed by atoms with Crippen molar-refractivity contribution in [2.45, 2.75) is 25.2 Å². The first kappa shape index (κ1) is 26.6. The molecular weight excluding hydrogens is 598 g/mol. The van der Waals surface area contributed by atoms with Crippen LogP contribution in [0.15, 0.2) is 94.0 Å². The molecule has 0 bridgehead atoms. The number of likely N-dealkylation sites (tertiary alicyclic amines) is 1. The van der Waals surface area contributed by atoms with Crippen LogP contribution in [0.25, 0.3) is 10.8 Å². The number of amides is 2. The Hall–Kier alpha value is -4.30. The lowest BCUT2D eigenvalue weighted by atomic mass is 9.59. The lowest BCUT2D eigenvalue weighted by Gasteiger charge is -2.42. The summed E-state index contributed by atoms with van der Waals surface area (Å²) >= 11 is 3.27. The molecule has 3 aromatic rings. The fourth-order valence-electron chi connectivity index (χ4n) is 7.31. The van der Waals surface area contributed by atoms with Crippen molar-refractivity contribution >= 4 is 50.1 Å². The maximum atomic E-state index is 14.0. The number of fused-ring (bicyclic) bond motifs is 4. The highest BCUT2D eigenvalue weighted by atomic mass is 79.9. The van der Waals surface area contributed by atoms with Gasteiger partial charge in [0.2, 0.25) is 11.8 Å². The normalized spacial score (nSPS) is 25.3. The van der Waals surface area contributed by atoms with Crippen molar-refractivity contribution in [1.82, 2.24) is 4.90 Å². The summed E-state index contributed by atoms with van der Waals surface area (Å²) in [5.74, 6) is -2.91. The van der Waals surface area contributed by atoms with Crippen LogP contribution in [-0.4, -0.2) is 45.0 Å². The summed E-state index contributed by atoms with van der Waals surface area (Å²) in [7, 11) is 0. The number of imide groups is 1. The number of Topliss-reactive ketones (excluding diaryl/α,β-unsaturated/α-hetero) is 1. The van der Waals surface area contributed by atoms with Gasteiger partial charge in [0.1, 0.15) is 11.5 Å². The monoisotopic (exact) mass is 623 g/mol. The maximum absolute atomic E-state index is 14.0. The minimum absolute atomic E-state index is 0.114. The molecule has 1 saturated heterocycles. The van der Waals surface area contributed by atoms with Crippen LogP contribution in [0.2, 0.25) is 0 Å². The number of carbonyl (C=O) groups is 4. The first-order valence-corrected chi connectivity index (χ1v) is 14.8. The van der Waals surface area contributed by atoms with Gasteiger partial charge in [-0.3, -0.25) is 24.1 Å². The summed E-state index contributed by atoms with van der Waals surface area (Å²) in [5.41, 5.74) is 3.33. The molecule has 7 nitrogen and oxygen atoms in total. The molecule has 1 heterocycles. The van der Waals surface area contributed by atoms with Gasteiger partial charge in [0.25, 0.3) is 0 Å². The molecule has 1 aliphatic heterocycles. The molecule has 7 rings (SSSR count). The lowest BCUT2D eigenvalue weighted by molar-refractivity contribution is -0.140. The van der Waals surface area contributed by atoms with Gasteiger partial charge in [-0.05, 0) is 75.8 Å². The number of halogens is 1. The number of benzene rings is 3. The number of phenolic OH excluding ortho intramolecular Hbond substituents is 2. The van der Waals surface area contributed by atoms with Gasteiger partial charge in [0.05, 0.1) is 16.3 Å². The van der Waals surface area contributed by atoms with Crippen LogP contribution in [0.3, 0.4) is 0 Å². The standard InChI is InChI=1S/C34H26BrNO6/c35-26-16-28(39)31-25(32(26)40)15-24-22(29(31)21-11-12-27(38)20-4-2-1-3-19(20)21)9-10-23-30(24)34(42)36(33(23)41)14-13-17-5-7-18(37)8-6-17/h1-9,11-12,16,23-24,29-30,37-38H,10,13-15H2/t23-,24+,29-,30-/m0/s1. The summed E-state index contributed by atoms with van der Waals surface area (Å²) in [5, 5.41) is 21.6. The number of ketones is 2. The van der Waals surface area contributed by atoms with Gasteiger partial charge in [-0.1, -0.05) is 54.1 Å². The average molecular weight is 624 g/mol. The molecular formula is C34H26BrNO6. The van der Waals surface area contributed by atoms with Crippen molar-refractivity contribution < 1.29 is 29.4 Å². The summed E-state index contributed by atoms with van der Waals surface area (Å²) in [6.07, 6.45) is 4.35. The molecule has 8 heteroatoms. The molecule has 4 atom stereocenters. The molecule has 0 unspecified atom stereocenters. The van der Waals surface area contributed by atoms with E-state index in [4.69, 9.17) is 0 Å². The summed E-state index contributed by atoms with van der Waals surface area (Å²) in [6, 6.07) is 17.5. The molecule has 4 aliphatic rings. The van der Waals surface area contributed by atoms with E-state index in [-0.39, 0.29) is 52.3 Å². The molecule has 210 valence electrons. The van der Waals surface area contributed by atoms with Crippen molar-refractivity contribution in [3.63, 3.8) is 0 Å². The zero-order chi connectivity index (χ0) is 29.3. The van der Waals surface area contributed by atoms with Gasteiger partial charge in [0, 0.05) is 35.1 Å². The molecule has 42 heavy (non-hydrogen) atoms. The van der Waals surface area contributed by atoms with Gasteiger partial charge in [0.15, 0.2) is 11.6 Å². The fourth-order valence-corrected chi connectivity index (χ4v) is 7.76. The molecule has 3 aliphatic carbocycles. The van der Waals surface area contributed by atoms with Crippen molar-refractivity contribution in [3.8, 4) is 11.5 Å². The third kappa shape index (κ3) is 4.00. The van der Waals surface area contributed by atoms with E-state index in [1.165, 1.54) is 11.0 Å². The van der Waals surface area contributed by atoms with E-state index in [1.54, 1.807) is 36.4 Å². The first-order valence-electron chi connectivity index (χ1n) is 14.0. The van der Waals surface area contributed by atoms with E-state index < -0.39 is 23.7 Å². The number of hydrogen-bond donors (Lipinski definition) is 2. The fraction of sp³-hybridized carbons (Fsp3) is 0.235. The first-order chi connectivity index (χ1) is 20.2. The van der Waals surface area contributed by atoms with Crippen LogP contribution in [0.1, 0.15) is 29.9 Å². The molecule has 0 saturated carbocycles. The van der Waals surface area contributed by atoms with E-state index in [0.717, 1.165) is 22.1 Å². The predicted octanol–water partition coefficient (Wildman–Crippen LogP) is 5.26. The summed E-state index contributed by atoms with van der Waals surface area (Å²) < 4.78 is 0.185. The zero-order valence-electron chi connectivity index (χ0n) is 22.4. The summed E-state index contributed by atoms with van der Waals surface area (Å²) in [6.45, 7) is 0.225. The van der Waals surface area contributed by atoms with E-state index in [1.807, 2.05) is 30.3 Å². The third-order valence-corrected chi connectivity index (χ3v) is 9.82. The third-order valence-electron chi connectivity index (χ3n) is 9.23. The van der Waals surface area contributed by atoms with E-state index in [0.29, 0.717) is 29.4 Å². The topological polar surface area (TPSA) is 112 Å². The number of allylic oxidation sites excluding steroid dienone is 6. The van der Waals surface area contributed by atoms with Crippen molar-refractivity contribution in [1.29, 1.82) is 0 Å². The highest BCUT2D eigenvalue weighted by molar-refractivity contribution is 9.12. The second-order valence-electron chi connectivity index (χ2n) is 11.4. The van der Waals surface area contributed by atoms with Crippen LogP contribution in [0.4, 0.5) is 0 Å². The number of aromatic hydroxyl groups is 2. The largest absolute Gasteiger partial charge is 0.508 e. The Morgan fingerprint density at radius 1 is 0.857 bits per heavy atom. The molecule has 1 fully saturated rings. The predicted molar refractivity (Wildman–Crippen MR) is 159 cm³/mol. The van der Waals surface area contributed by atoms with Crippen LogP contribution < -0.4 is 0 Å². The van der Waals surface area contributed by atoms with Gasteiger partial charge >= 0.3 is 0 Å². The van der Waals surface area contributed by atoms with E-state index in [2.05, 4.69) is 15.9 Å². The number of hydrogen-bond acceptors (Lipinski definition) is 6. The number of nitrogens with zero attached hydrogens (tertiary/aromatic N) is 1. The Kier molecular flexibility index (Phi) is 6.27. The van der Waals surface area contributed by atoms with E-state index >= 15 is 0 Å². The number of phenols is 2. The number of rotatable bonds is 4. The Labute approximate surface area is 250 Å². The van der Waals surface area contributed by atoms with E-state index in [9.17, 15) is 29.4 Å². The Morgan fingerprint density at radius 3 is 2.36 bits per heavy atom. The average Bonchev–Trinajstić information content (AvgIpc) is 3.24. The summed E-state index contributed by atoms with van der Waals surface area (Å²) in [4.78, 5) is 55.9.